The van der Waals surface area contributed by atoms with Crippen molar-refractivity contribution in [2.75, 3.05) is 14.2 Å². The highest BCUT2D eigenvalue weighted by atomic mass is 32.1. The molecule has 0 bridgehead atoms. The number of nitrogens with one attached hydrogen (secondary N) is 3. The molecule has 5 nitrogen and oxygen atoms in total. The van der Waals surface area contributed by atoms with E-state index in [9.17, 15) is 0 Å². The highest BCUT2D eigenvalue weighted by Gasteiger charge is 2.25. The lowest BCUT2D eigenvalue weighted by molar-refractivity contribution is 0.366. The number of hydrogen-bond donors (Lipinski definition) is 3. The van der Waals surface area contributed by atoms with Crippen LogP contribution in [0.15, 0.2) is 48.5 Å². The zero-order valence-corrected chi connectivity index (χ0v) is 13.8. The number of rotatable bonds is 4. The molecule has 23 heavy (non-hydrogen) atoms. The summed E-state index contributed by atoms with van der Waals surface area (Å²) in [5.74, 6) is 1.66. The third kappa shape index (κ3) is 3.55. The fraction of sp³-hybridized carbons (Fsp3) is 0.235. The molecule has 2 aromatic carbocycles. The third-order valence-electron chi connectivity index (χ3n) is 3.78. The standard InChI is InChI=1S/C17H19N3O2S/c1-21-13-7-3-11(4-8-13)15-18-16(20-17(23)19-15)12-5-9-14(22-2)10-6-12/h3-10,15-16,18H,1-2H3,(H2,19,20,23). The molecule has 120 valence electrons. The maximum absolute atomic E-state index is 5.35. The normalized spacial score (nSPS) is 20.3. The molecule has 0 saturated carbocycles. The van der Waals surface area contributed by atoms with Gasteiger partial charge in [0, 0.05) is 0 Å². The molecule has 3 N–H and O–H groups in total. The van der Waals surface area contributed by atoms with Crippen molar-refractivity contribution in [1.82, 2.24) is 16.0 Å². The van der Waals surface area contributed by atoms with Gasteiger partial charge in [0.05, 0.1) is 14.2 Å². The lowest BCUT2D eigenvalue weighted by atomic mass is 10.1. The van der Waals surface area contributed by atoms with Crippen molar-refractivity contribution in [3.8, 4) is 11.5 Å². The smallest absolute Gasteiger partial charge is 0.169 e. The van der Waals surface area contributed by atoms with Crippen molar-refractivity contribution in [2.45, 2.75) is 12.3 Å². The van der Waals surface area contributed by atoms with Crippen molar-refractivity contribution in [1.29, 1.82) is 0 Å². The molecule has 6 heteroatoms. The van der Waals surface area contributed by atoms with Gasteiger partial charge < -0.3 is 20.1 Å². The van der Waals surface area contributed by atoms with Gasteiger partial charge in [0.25, 0.3) is 0 Å². The fourth-order valence-electron chi connectivity index (χ4n) is 2.51. The van der Waals surface area contributed by atoms with Gasteiger partial charge in [-0.15, -0.1) is 0 Å². The summed E-state index contributed by atoms with van der Waals surface area (Å²) in [6, 6.07) is 15.8. The Bertz CT molecular complexity index is 616. The van der Waals surface area contributed by atoms with E-state index in [1.165, 1.54) is 0 Å². The van der Waals surface area contributed by atoms with E-state index < -0.39 is 0 Å². The topological polar surface area (TPSA) is 54.5 Å². The minimum atomic E-state index is -0.0678. The van der Waals surface area contributed by atoms with E-state index in [1.54, 1.807) is 14.2 Å². The quantitative estimate of drug-likeness (QED) is 0.749. The number of methoxy groups -OCH3 is 2. The molecule has 2 unspecified atom stereocenters. The molecule has 3 rings (SSSR count). The summed E-state index contributed by atoms with van der Waals surface area (Å²) in [5, 5.41) is 10.6. The first-order valence-electron chi connectivity index (χ1n) is 7.30. The molecule has 0 amide bonds. The Kier molecular flexibility index (Phi) is 4.64. The molecule has 0 radical (unpaired) electrons. The van der Waals surface area contributed by atoms with E-state index in [4.69, 9.17) is 21.7 Å². The minimum Gasteiger partial charge on any atom is -0.497 e. The maximum atomic E-state index is 5.35. The number of thiocarbonyl (C=S) groups is 1. The Morgan fingerprint density at radius 3 is 1.48 bits per heavy atom. The van der Waals surface area contributed by atoms with Crippen LogP contribution in [0.5, 0.6) is 11.5 Å². The Balaban J connectivity index is 1.78. The molecule has 1 aliphatic heterocycles. The molecule has 0 aromatic heterocycles. The first-order chi connectivity index (χ1) is 11.2. The molecule has 1 fully saturated rings. The summed E-state index contributed by atoms with van der Waals surface area (Å²) in [4.78, 5) is 0. The Labute approximate surface area is 141 Å². The molecule has 2 aromatic rings. The predicted octanol–water partition coefficient (Wildman–Crippen LogP) is 2.47. The average molecular weight is 329 g/mol. The van der Waals surface area contributed by atoms with E-state index >= 15 is 0 Å². The molecular weight excluding hydrogens is 310 g/mol. The Hall–Kier alpha value is -2.31. The second-order valence-electron chi connectivity index (χ2n) is 5.20. The first kappa shape index (κ1) is 15.6. The van der Waals surface area contributed by atoms with Crippen LogP contribution in [0.3, 0.4) is 0 Å². The molecule has 2 atom stereocenters. The number of ether oxygens (including phenoxy) is 2. The first-order valence-corrected chi connectivity index (χ1v) is 7.71. The van der Waals surface area contributed by atoms with E-state index in [2.05, 4.69) is 16.0 Å². The lowest BCUT2D eigenvalue weighted by Crippen LogP contribution is -2.55. The highest BCUT2D eigenvalue weighted by Crippen LogP contribution is 2.23. The van der Waals surface area contributed by atoms with Gasteiger partial charge in [-0.2, -0.15) is 0 Å². The monoisotopic (exact) mass is 329 g/mol. The Morgan fingerprint density at radius 1 is 0.739 bits per heavy atom. The molecule has 1 saturated heterocycles. The minimum absolute atomic E-state index is 0.0678. The van der Waals surface area contributed by atoms with E-state index in [0.717, 1.165) is 22.6 Å². The van der Waals surface area contributed by atoms with Crippen molar-refractivity contribution < 1.29 is 9.47 Å². The molecule has 0 aliphatic carbocycles. The van der Waals surface area contributed by atoms with E-state index in [1.807, 2.05) is 48.5 Å². The summed E-state index contributed by atoms with van der Waals surface area (Å²) in [7, 11) is 3.32. The second-order valence-corrected chi connectivity index (χ2v) is 5.61. The van der Waals surface area contributed by atoms with Crippen molar-refractivity contribution in [3.63, 3.8) is 0 Å². The van der Waals surface area contributed by atoms with Gasteiger partial charge in [0.2, 0.25) is 0 Å². The molecule has 1 heterocycles. The van der Waals surface area contributed by atoms with Crippen LogP contribution in [0, 0.1) is 0 Å². The fourth-order valence-corrected chi connectivity index (χ4v) is 2.74. The molecule has 1 aliphatic rings. The van der Waals surface area contributed by atoms with Crippen molar-refractivity contribution >= 4 is 17.3 Å². The Morgan fingerprint density at radius 2 is 1.13 bits per heavy atom. The van der Waals surface area contributed by atoms with E-state index in [-0.39, 0.29) is 12.3 Å². The average Bonchev–Trinajstić information content (AvgIpc) is 2.61. The highest BCUT2D eigenvalue weighted by molar-refractivity contribution is 7.80. The van der Waals surface area contributed by atoms with Crippen LogP contribution in [0.25, 0.3) is 0 Å². The van der Waals surface area contributed by atoms with Gasteiger partial charge in [-0.05, 0) is 47.6 Å². The van der Waals surface area contributed by atoms with Crippen LogP contribution in [-0.2, 0) is 0 Å². The largest absolute Gasteiger partial charge is 0.497 e. The van der Waals surface area contributed by atoms with Crippen molar-refractivity contribution in [2.24, 2.45) is 0 Å². The summed E-state index contributed by atoms with van der Waals surface area (Å²) < 4.78 is 10.4. The number of benzene rings is 2. The van der Waals surface area contributed by atoms with Gasteiger partial charge >= 0.3 is 0 Å². The van der Waals surface area contributed by atoms with Crippen LogP contribution in [0.1, 0.15) is 23.5 Å². The third-order valence-corrected chi connectivity index (χ3v) is 4.02. The van der Waals surface area contributed by atoms with Crippen LogP contribution in [-0.4, -0.2) is 19.3 Å². The molecule has 0 spiro atoms. The van der Waals surface area contributed by atoms with Gasteiger partial charge in [0.15, 0.2) is 5.11 Å². The molecular formula is C17H19N3O2S. The summed E-state index contributed by atoms with van der Waals surface area (Å²) >= 11 is 5.35. The maximum Gasteiger partial charge on any atom is 0.169 e. The summed E-state index contributed by atoms with van der Waals surface area (Å²) in [6.45, 7) is 0. The van der Waals surface area contributed by atoms with Gasteiger partial charge in [-0.3, -0.25) is 5.32 Å². The van der Waals surface area contributed by atoms with Crippen LogP contribution in [0.4, 0.5) is 0 Å². The van der Waals surface area contributed by atoms with E-state index in [0.29, 0.717) is 5.11 Å². The second kappa shape index (κ2) is 6.85. The lowest BCUT2D eigenvalue weighted by Gasteiger charge is -2.35. The van der Waals surface area contributed by atoms with Gasteiger partial charge in [0.1, 0.15) is 23.8 Å². The van der Waals surface area contributed by atoms with Crippen LogP contribution < -0.4 is 25.4 Å². The van der Waals surface area contributed by atoms with Crippen LogP contribution in [0.2, 0.25) is 0 Å². The van der Waals surface area contributed by atoms with Crippen LogP contribution >= 0.6 is 12.2 Å². The predicted molar refractivity (Wildman–Crippen MR) is 93.5 cm³/mol. The van der Waals surface area contributed by atoms with Gasteiger partial charge in [-0.25, -0.2) is 0 Å². The van der Waals surface area contributed by atoms with Gasteiger partial charge in [-0.1, -0.05) is 24.3 Å². The zero-order valence-electron chi connectivity index (χ0n) is 13.0. The van der Waals surface area contributed by atoms with Crippen molar-refractivity contribution in [3.05, 3.63) is 59.7 Å². The number of hydrogen-bond acceptors (Lipinski definition) is 4. The SMILES string of the molecule is COc1ccc(C2NC(=S)NC(c3ccc(OC)cc3)N2)cc1. The summed E-state index contributed by atoms with van der Waals surface area (Å²) in [5.41, 5.74) is 2.18. The zero-order chi connectivity index (χ0) is 16.2. The summed E-state index contributed by atoms with van der Waals surface area (Å²) in [6.07, 6.45) is -0.136.